The van der Waals surface area contributed by atoms with E-state index in [9.17, 15) is 0 Å². The molecule has 2 aromatic carbocycles. The van der Waals surface area contributed by atoms with E-state index in [1.165, 1.54) is 11.1 Å². The largest absolute Gasteiger partial charge is 0.748 e. The van der Waals surface area contributed by atoms with Crippen molar-refractivity contribution in [1.82, 2.24) is 0 Å². The zero-order chi connectivity index (χ0) is 16.3. The number of hydrogen-bond acceptors (Lipinski definition) is 4. The van der Waals surface area contributed by atoms with E-state index >= 15 is 0 Å². The molecule has 0 aliphatic carbocycles. The van der Waals surface area contributed by atoms with Crippen LogP contribution in [0.25, 0.3) is 22.2 Å². The molecular formula is C16H17NO4S. The van der Waals surface area contributed by atoms with E-state index in [-0.39, 0.29) is 0 Å². The molecule has 0 atom stereocenters. The minimum atomic E-state index is -3.92. The van der Waals surface area contributed by atoms with E-state index in [2.05, 4.69) is 41.0 Å². The lowest BCUT2D eigenvalue weighted by atomic mass is 10.1. The molecule has 0 spiro atoms. The van der Waals surface area contributed by atoms with E-state index in [1.807, 2.05) is 26.1 Å². The SMILES string of the molecule is CS(=O)(=O)[O-].Cc1oc2ccc(-c3ccccc3)cc2[n+]1C. The van der Waals surface area contributed by atoms with Gasteiger partial charge in [-0.25, -0.2) is 8.42 Å². The molecule has 116 valence electrons. The lowest BCUT2D eigenvalue weighted by Crippen LogP contribution is -2.28. The first kappa shape index (κ1) is 16.2. The van der Waals surface area contributed by atoms with Gasteiger partial charge in [0.2, 0.25) is 5.58 Å². The van der Waals surface area contributed by atoms with E-state index < -0.39 is 10.1 Å². The van der Waals surface area contributed by atoms with Crippen molar-refractivity contribution in [1.29, 1.82) is 0 Å². The molecule has 0 fully saturated rings. The maximum atomic E-state index is 9.08. The maximum Gasteiger partial charge on any atom is 0.344 e. The summed E-state index contributed by atoms with van der Waals surface area (Å²) in [6.07, 6.45) is 0.604. The minimum absolute atomic E-state index is 0.604. The Bertz CT molecular complexity index is 875. The molecule has 0 aliphatic heterocycles. The summed E-state index contributed by atoms with van der Waals surface area (Å²) in [6, 6.07) is 16.7. The summed E-state index contributed by atoms with van der Waals surface area (Å²) in [5, 5.41) is 0. The van der Waals surface area contributed by atoms with E-state index in [0.717, 1.165) is 17.0 Å². The van der Waals surface area contributed by atoms with Gasteiger partial charge in [-0.1, -0.05) is 36.4 Å². The van der Waals surface area contributed by atoms with Crippen LogP contribution in [0.15, 0.2) is 52.9 Å². The molecule has 1 aromatic heterocycles. The van der Waals surface area contributed by atoms with Crippen molar-refractivity contribution in [3.8, 4) is 11.1 Å². The third-order valence-electron chi connectivity index (χ3n) is 3.16. The summed E-state index contributed by atoms with van der Waals surface area (Å²) in [7, 11) is -1.89. The van der Waals surface area contributed by atoms with Gasteiger partial charge in [0.05, 0.1) is 17.0 Å². The summed E-state index contributed by atoms with van der Waals surface area (Å²) in [5.41, 5.74) is 4.51. The Labute approximate surface area is 129 Å². The number of benzene rings is 2. The summed E-state index contributed by atoms with van der Waals surface area (Å²) < 4.78 is 35.0. The Hall–Kier alpha value is -2.18. The van der Waals surface area contributed by atoms with Crippen LogP contribution in [0.3, 0.4) is 0 Å². The second-order valence-corrected chi connectivity index (χ2v) is 6.34. The van der Waals surface area contributed by atoms with Crippen molar-refractivity contribution in [2.45, 2.75) is 6.92 Å². The van der Waals surface area contributed by atoms with Crippen LogP contribution in [0.4, 0.5) is 0 Å². The fourth-order valence-electron chi connectivity index (χ4n) is 2.07. The van der Waals surface area contributed by atoms with E-state index in [4.69, 9.17) is 17.4 Å². The first-order valence-electron chi connectivity index (χ1n) is 6.61. The fourth-order valence-corrected chi connectivity index (χ4v) is 2.07. The number of fused-ring (bicyclic) bond motifs is 1. The van der Waals surface area contributed by atoms with Crippen molar-refractivity contribution in [3.05, 3.63) is 54.4 Å². The molecule has 0 radical (unpaired) electrons. The van der Waals surface area contributed by atoms with Gasteiger partial charge in [0.15, 0.2) is 0 Å². The number of oxazole rings is 1. The van der Waals surface area contributed by atoms with E-state index in [0.29, 0.717) is 6.26 Å². The zero-order valence-corrected chi connectivity index (χ0v) is 13.4. The Kier molecular flexibility index (Phi) is 4.63. The van der Waals surface area contributed by atoms with Crippen molar-refractivity contribution in [3.63, 3.8) is 0 Å². The molecule has 3 rings (SSSR count). The number of aromatic nitrogens is 1. The van der Waals surface area contributed by atoms with Crippen LogP contribution < -0.4 is 4.57 Å². The molecule has 3 aromatic rings. The number of aryl methyl sites for hydroxylation is 2. The lowest BCUT2D eigenvalue weighted by molar-refractivity contribution is -0.657. The topological polar surface area (TPSA) is 74.2 Å². The lowest BCUT2D eigenvalue weighted by Gasteiger charge is -1.98. The standard InChI is InChI=1S/C15H14NO.CH4O3S/c1-11-16(2)14-10-13(8-9-15(14)17-11)12-6-4-3-5-7-12;1-5(2,3)4/h3-10H,1-2H3;1H3,(H,2,3,4)/q+1;/p-1. The molecule has 0 bridgehead atoms. The Balaban J connectivity index is 0.000000309. The van der Waals surface area contributed by atoms with Crippen molar-refractivity contribution < 1.29 is 22.0 Å². The second-order valence-electron chi connectivity index (χ2n) is 4.93. The normalized spacial score (nSPS) is 11.1. The van der Waals surface area contributed by atoms with Crippen LogP contribution in [-0.4, -0.2) is 19.2 Å². The highest BCUT2D eigenvalue weighted by molar-refractivity contribution is 7.84. The molecule has 1 heterocycles. The average molecular weight is 319 g/mol. The zero-order valence-electron chi connectivity index (χ0n) is 12.6. The quantitative estimate of drug-likeness (QED) is 0.510. The summed E-state index contributed by atoms with van der Waals surface area (Å²) in [4.78, 5) is 0. The third-order valence-corrected chi connectivity index (χ3v) is 3.16. The molecule has 0 saturated heterocycles. The van der Waals surface area contributed by atoms with Gasteiger partial charge in [0.1, 0.15) is 7.05 Å². The highest BCUT2D eigenvalue weighted by atomic mass is 32.2. The van der Waals surface area contributed by atoms with Gasteiger partial charge in [-0.15, -0.1) is 0 Å². The van der Waals surface area contributed by atoms with Crippen LogP contribution in [0.2, 0.25) is 0 Å². The van der Waals surface area contributed by atoms with Crippen LogP contribution in [-0.2, 0) is 17.2 Å². The molecule has 0 N–H and O–H groups in total. The third kappa shape index (κ3) is 4.16. The van der Waals surface area contributed by atoms with E-state index in [1.54, 1.807) is 0 Å². The van der Waals surface area contributed by atoms with Gasteiger partial charge in [0.25, 0.3) is 5.52 Å². The Morgan fingerprint density at radius 3 is 2.23 bits per heavy atom. The Morgan fingerprint density at radius 1 is 1.05 bits per heavy atom. The highest BCUT2D eigenvalue weighted by Gasteiger charge is 2.15. The van der Waals surface area contributed by atoms with Gasteiger partial charge >= 0.3 is 5.89 Å². The van der Waals surface area contributed by atoms with Crippen LogP contribution >= 0.6 is 0 Å². The van der Waals surface area contributed by atoms with Gasteiger partial charge in [0, 0.05) is 12.3 Å². The number of nitrogens with zero attached hydrogens (tertiary/aromatic N) is 1. The van der Waals surface area contributed by atoms with Crippen molar-refractivity contribution in [2.75, 3.05) is 6.26 Å². The maximum absolute atomic E-state index is 9.08. The van der Waals surface area contributed by atoms with Gasteiger partial charge in [-0.05, 0) is 17.2 Å². The summed E-state index contributed by atoms with van der Waals surface area (Å²) in [6.45, 7) is 1.97. The highest BCUT2D eigenvalue weighted by Crippen LogP contribution is 2.23. The van der Waals surface area contributed by atoms with Crippen LogP contribution in [0.5, 0.6) is 0 Å². The first-order chi connectivity index (χ1) is 10.3. The van der Waals surface area contributed by atoms with Crippen LogP contribution in [0, 0.1) is 6.92 Å². The fraction of sp³-hybridized carbons (Fsp3) is 0.188. The molecule has 22 heavy (non-hydrogen) atoms. The van der Waals surface area contributed by atoms with Gasteiger partial charge in [-0.3, -0.25) is 0 Å². The summed E-state index contributed by atoms with van der Waals surface area (Å²) >= 11 is 0. The van der Waals surface area contributed by atoms with Crippen molar-refractivity contribution >= 4 is 21.2 Å². The predicted octanol–water partition coefficient (Wildman–Crippen LogP) is 2.39. The van der Waals surface area contributed by atoms with Gasteiger partial charge < -0.3 is 8.97 Å². The van der Waals surface area contributed by atoms with Crippen molar-refractivity contribution in [2.24, 2.45) is 7.05 Å². The molecule has 5 nitrogen and oxygen atoms in total. The smallest absolute Gasteiger partial charge is 0.344 e. The minimum Gasteiger partial charge on any atom is -0.748 e. The second kappa shape index (κ2) is 6.29. The number of hydrogen-bond donors (Lipinski definition) is 0. The predicted molar refractivity (Wildman–Crippen MR) is 83.2 cm³/mol. The molecule has 0 unspecified atom stereocenters. The molecule has 6 heteroatoms. The van der Waals surface area contributed by atoms with Gasteiger partial charge in [-0.2, -0.15) is 4.57 Å². The molecular weight excluding hydrogens is 302 g/mol. The first-order valence-corrected chi connectivity index (χ1v) is 8.43. The average Bonchev–Trinajstić information content (AvgIpc) is 2.73. The summed E-state index contributed by atoms with van der Waals surface area (Å²) in [5.74, 6) is 0.921. The molecule has 0 amide bonds. The number of rotatable bonds is 1. The molecule has 0 aliphatic rings. The Morgan fingerprint density at radius 2 is 1.64 bits per heavy atom. The monoisotopic (exact) mass is 319 g/mol. The molecule has 0 saturated carbocycles. The van der Waals surface area contributed by atoms with Crippen LogP contribution in [0.1, 0.15) is 5.89 Å².